The average Bonchev–Trinajstić information content (AvgIpc) is 2.59. The lowest BCUT2D eigenvalue weighted by molar-refractivity contribution is -0.120. The van der Waals surface area contributed by atoms with Crippen LogP contribution in [0.5, 0.6) is 0 Å². The molecule has 2 rings (SSSR count). The van der Waals surface area contributed by atoms with Gasteiger partial charge in [-0.05, 0) is 42.3 Å². The third-order valence-corrected chi connectivity index (χ3v) is 4.23. The Morgan fingerprint density at radius 1 is 1.08 bits per heavy atom. The average molecular weight is 422 g/mol. The molecule has 5 nitrogen and oxygen atoms in total. The molecular formula is C19H21BrFN3O2. The number of urea groups is 1. The summed E-state index contributed by atoms with van der Waals surface area (Å²) >= 11 is 3.37. The first-order valence-corrected chi connectivity index (χ1v) is 9.04. The number of hydrogen-bond donors (Lipinski definition) is 3. The number of rotatable bonds is 7. The number of carbonyl (C=O) groups excluding carboxylic acids is 2. The zero-order valence-electron chi connectivity index (χ0n) is 14.4. The summed E-state index contributed by atoms with van der Waals surface area (Å²) in [6.45, 7) is 2.49. The van der Waals surface area contributed by atoms with Gasteiger partial charge in [0.05, 0.1) is 12.5 Å². The molecular weight excluding hydrogens is 401 g/mol. The molecule has 26 heavy (non-hydrogen) atoms. The van der Waals surface area contributed by atoms with Crippen LogP contribution in [0.15, 0.2) is 53.0 Å². The van der Waals surface area contributed by atoms with Gasteiger partial charge in [0.1, 0.15) is 5.82 Å². The van der Waals surface area contributed by atoms with Crippen molar-refractivity contribution in [2.24, 2.45) is 0 Å². The molecule has 0 aromatic heterocycles. The molecule has 0 spiro atoms. The Morgan fingerprint density at radius 3 is 2.46 bits per heavy atom. The molecule has 3 N–H and O–H groups in total. The number of carbonyl (C=O) groups is 2. The predicted octanol–water partition coefficient (Wildman–Crippen LogP) is 3.31. The van der Waals surface area contributed by atoms with Gasteiger partial charge in [0.25, 0.3) is 0 Å². The molecule has 0 saturated carbocycles. The Morgan fingerprint density at radius 2 is 1.77 bits per heavy atom. The quantitative estimate of drug-likeness (QED) is 0.600. The fourth-order valence-corrected chi connectivity index (χ4v) is 2.62. The molecule has 0 radical (unpaired) electrons. The first-order valence-electron chi connectivity index (χ1n) is 8.25. The minimum Gasteiger partial charge on any atom is -0.354 e. The number of nitrogens with one attached hydrogen (secondary N) is 3. The summed E-state index contributed by atoms with van der Waals surface area (Å²) in [7, 11) is 0. The maximum Gasteiger partial charge on any atom is 0.315 e. The first kappa shape index (κ1) is 19.9. The van der Waals surface area contributed by atoms with Crippen molar-refractivity contribution in [1.29, 1.82) is 0 Å². The van der Waals surface area contributed by atoms with Crippen molar-refractivity contribution in [2.45, 2.75) is 19.4 Å². The van der Waals surface area contributed by atoms with E-state index in [1.807, 2.05) is 31.2 Å². The van der Waals surface area contributed by atoms with Crippen molar-refractivity contribution in [2.75, 3.05) is 13.1 Å². The minimum absolute atomic E-state index is 0.102. The number of halogens is 2. The van der Waals surface area contributed by atoms with E-state index >= 15 is 0 Å². The van der Waals surface area contributed by atoms with Crippen molar-refractivity contribution >= 4 is 27.9 Å². The van der Waals surface area contributed by atoms with Crippen LogP contribution in [0.25, 0.3) is 0 Å². The molecule has 2 aromatic carbocycles. The Kier molecular flexibility index (Phi) is 7.59. The van der Waals surface area contributed by atoms with Gasteiger partial charge in [-0.3, -0.25) is 4.79 Å². The van der Waals surface area contributed by atoms with E-state index in [-0.39, 0.29) is 30.2 Å². The van der Waals surface area contributed by atoms with Gasteiger partial charge in [-0.2, -0.15) is 0 Å². The lowest BCUT2D eigenvalue weighted by Crippen LogP contribution is -2.41. The molecule has 138 valence electrons. The highest BCUT2D eigenvalue weighted by Crippen LogP contribution is 2.16. The van der Waals surface area contributed by atoms with Crippen LogP contribution in [0, 0.1) is 5.82 Å². The second kappa shape index (κ2) is 9.91. The molecule has 0 saturated heterocycles. The van der Waals surface area contributed by atoms with Gasteiger partial charge in [-0.25, -0.2) is 9.18 Å². The Balaban J connectivity index is 1.65. The minimum atomic E-state index is -0.367. The maximum absolute atomic E-state index is 13.1. The molecule has 0 heterocycles. The molecule has 2 aromatic rings. The van der Waals surface area contributed by atoms with Gasteiger partial charge in [0.15, 0.2) is 0 Å². The Bertz CT molecular complexity index is 753. The van der Waals surface area contributed by atoms with Crippen LogP contribution in [-0.2, 0) is 11.2 Å². The standard InChI is InChI=1S/C19H21BrFN3O2/c1-13(15-5-7-16(20)8-6-15)24-19(26)23-10-9-22-18(25)12-14-3-2-4-17(21)11-14/h2-8,11,13H,9-10,12H2,1H3,(H,22,25)(H2,23,24,26). The van der Waals surface area contributed by atoms with Crippen LogP contribution in [0.2, 0.25) is 0 Å². The van der Waals surface area contributed by atoms with Gasteiger partial charge in [-0.1, -0.05) is 40.2 Å². The number of benzene rings is 2. The van der Waals surface area contributed by atoms with E-state index < -0.39 is 0 Å². The van der Waals surface area contributed by atoms with Gasteiger partial charge in [0.2, 0.25) is 5.91 Å². The van der Waals surface area contributed by atoms with Gasteiger partial charge in [0, 0.05) is 17.6 Å². The van der Waals surface area contributed by atoms with E-state index in [2.05, 4.69) is 31.9 Å². The highest BCUT2D eigenvalue weighted by molar-refractivity contribution is 9.10. The summed E-state index contributed by atoms with van der Waals surface area (Å²) in [5.41, 5.74) is 1.60. The SMILES string of the molecule is CC(NC(=O)NCCNC(=O)Cc1cccc(F)c1)c1ccc(Br)cc1. The molecule has 0 aliphatic heterocycles. The van der Waals surface area contributed by atoms with E-state index in [0.29, 0.717) is 18.7 Å². The summed E-state index contributed by atoms with van der Waals surface area (Å²) in [6, 6.07) is 13.2. The smallest absolute Gasteiger partial charge is 0.315 e. The molecule has 1 unspecified atom stereocenters. The summed E-state index contributed by atoms with van der Waals surface area (Å²) < 4.78 is 14.0. The van der Waals surface area contributed by atoms with Crippen LogP contribution in [0.4, 0.5) is 9.18 Å². The predicted molar refractivity (Wildman–Crippen MR) is 102 cm³/mol. The third kappa shape index (κ3) is 6.84. The van der Waals surface area contributed by atoms with Crippen molar-refractivity contribution < 1.29 is 14.0 Å². The Hall–Kier alpha value is -2.41. The molecule has 0 aliphatic rings. The largest absolute Gasteiger partial charge is 0.354 e. The summed E-state index contributed by atoms with van der Waals surface area (Å²) in [5, 5.41) is 8.21. The fraction of sp³-hybridized carbons (Fsp3) is 0.263. The maximum atomic E-state index is 13.1. The summed E-state index contributed by atoms with van der Waals surface area (Å²) in [5.74, 6) is -0.588. The van der Waals surface area contributed by atoms with E-state index in [4.69, 9.17) is 0 Å². The molecule has 0 bridgehead atoms. The number of hydrogen-bond acceptors (Lipinski definition) is 2. The van der Waals surface area contributed by atoms with E-state index in [1.54, 1.807) is 12.1 Å². The van der Waals surface area contributed by atoms with Gasteiger partial charge in [-0.15, -0.1) is 0 Å². The normalized spacial score (nSPS) is 11.5. The van der Waals surface area contributed by atoms with E-state index in [0.717, 1.165) is 10.0 Å². The first-order chi connectivity index (χ1) is 12.4. The third-order valence-electron chi connectivity index (χ3n) is 3.70. The summed E-state index contributed by atoms with van der Waals surface area (Å²) in [4.78, 5) is 23.7. The molecule has 3 amide bonds. The van der Waals surface area contributed by atoms with Crippen LogP contribution in [0.3, 0.4) is 0 Å². The van der Waals surface area contributed by atoms with Crippen LogP contribution < -0.4 is 16.0 Å². The molecule has 0 aliphatic carbocycles. The second-order valence-electron chi connectivity index (χ2n) is 5.83. The molecule has 7 heteroatoms. The van der Waals surface area contributed by atoms with Gasteiger partial charge >= 0.3 is 6.03 Å². The fourth-order valence-electron chi connectivity index (χ4n) is 2.36. The second-order valence-corrected chi connectivity index (χ2v) is 6.75. The van der Waals surface area contributed by atoms with Crippen LogP contribution in [-0.4, -0.2) is 25.0 Å². The zero-order chi connectivity index (χ0) is 18.9. The van der Waals surface area contributed by atoms with E-state index in [9.17, 15) is 14.0 Å². The van der Waals surface area contributed by atoms with Crippen molar-refractivity contribution in [3.8, 4) is 0 Å². The zero-order valence-corrected chi connectivity index (χ0v) is 16.0. The molecule has 1 atom stereocenters. The van der Waals surface area contributed by atoms with Crippen molar-refractivity contribution in [1.82, 2.24) is 16.0 Å². The highest BCUT2D eigenvalue weighted by atomic mass is 79.9. The highest BCUT2D eigenvalue weighted by Gasteiger charge is 2.09. The lowest BCUT2D eigenvalue weighted by Gasteiger charge is -2.15. The van der Waals surface area contributed by atoms with Crippen molar-refractivity contribution in [3.63, 3.8) is 0 Å². The Labute approximate surface area is 160 Å². The topological polar surface area (TPSA) is 70.2 Å². The lowest BCUT2D eigenvalue weighted by atomic mass is 10.1. The van der Waals surface area contributed by atoms with Gasteiger partial charge < -0.3 is 16.0 Å². The molecule has 0 fully saturated rings. The monoisotopic (exact) mass is 421 g/mol. The van der Waals surface area contributed by atoms with E-state index in [1.165, 1.54) is 12.1 Å². The number of amides is 3. The summed E-state index contributed by atoms with van der Waals surface area (Å²) in [6.07, 6.45) is 0.102. The van der Waals surface area contributed by atoms with Crippen molar-refractivity contribution in [3.05, 3.63) is 69.9 Å². The van der Waals surface area contributed by atoms with Crippen LogP contribution >= 0.6 is 15.9 Å². The van der Waals surface area contributed by atoms with Crippen LogP contribution in [0.1, 0.15) is 24.1 Å².